The second-order valence-electron chi connectivity index (χ2n) is 24.2. The van der Waals surface area contributed by atoms with Gasteiger partial charge in [-0.05, 0) is 215 Å². The van der Waals surface area contributed by atoms with E-state index in [1.54, 1.807) is 0 Å². The van der Waals surface area contributed by atoms with Crippen LogP contribution in [0.25, 0.3) is 197 Å². The van der Waals surface area contributed by atoms with E-state index in [1.807, 2.05) is 0 Å². The molecule has 0 radical (unpaired) electrons. The van der Waals surface area contributed by atoms with E-state index < -0.39 is 0 Å². The Morgan fingerprint density at radius 2 is 0.528 bits per heavy atom. The monoisotopic (exact) mass is 1130 g/mol. The molecule has 0 bridgehead atoms. The fourth-order valence-electron chi connectivity index (χ4n) is 15.2. The molecule has 17 aromatic carbocycles. The van der Waals surface area contributed by atoms with Crippen LogP contribution in [0.2, 0.25) is 0 Å². The average molecular weight is 1130 g/mol. The van der Waals surface area contributed by atoms with Gasteiger partial charge in [0.1, 0.15) is 22.3 Å². The van der Waals surface area contributed by atoms with Crippen molar-refractivity contribution in [3.05, 3.63) is 303 Å². The lowest BCUT2D eigenvalue weighted by Gasteiger charge is -2.18. The van der Waals surface area contributed by atoms with Crippen LogP contribution < -0.4 is 0 Å². The molecule has 0 aliphatic rings. The van der Waals surface area contributed by atoms with Gasteiger partial charge in [-0.15, -0.1) is 0 Å². The van der Waals surface area contributed by atoms with Crippen LogP contribution in [-0.4, -0.2) is 0 Å². The third kappa shape index (κ3) is 7.57. The summed E-state index contributed by atoms with van der Waals surface area (Å²) in [6.07, 6.45) is 0. The van der Waals surface area contributed by atoms with Gasteiger partial charge in [-0.3, -0.25) is 0 Å². The smallest absolute Gasteiger partial charge is 0.143 e. The highest BCUT2D eigenvalue weighted by molar-refractivity contribution is 6.26. The van der Waals surface area contributed by atoms with E-state index >= 15 is 0 Å². The molecule has 0 aliphatic carbocycles. The lowest BCUT2D eigenvalue weighted by Crippen LogP contribution is -1.91. The van der Waals surface area contributed by atoms with Crippen LogP contribution in [0.5, 0.6) is 0 Å². The maximum absolute atomic E-state index is 7.09. The minimum absolute atomic E-state index is 0.868. The van der Waals surface area contributed by atoms with Gasteiger partial charge in [0.25, 0.3) is 0 Å². The molecular weight excluding hydrogens is 1080 g/mol. The van der Waals surface area contributed by atoms with Gasteiger partial charge in [-0.25, -0.2) is 0 Å². The van der Waals surface area contributed by atoms with Gasteiger partial charge in [0, 0.05) is 32.3 Å². The molecule has 2 heteroatoms. The number of hydrogen-bond acceptors (Lipinski definition) is 2. The number of benzene rings is 17. The highest BCUT2D eigenvalue weighted by Crippen LogP contribution is 2.49. The highest BCUT2D eigenvalue weighted by Gasteiger charge is 2.23. The van der Waals surface area contributed by atoms with Crippen LogP contribution in [0.4, 0.5) is 0 Å². The maximum atomic E-state index is 7.09. The summed E-state index contributed by atoms with van der Waals surface area (Å²) in [5, 5.41) is 23.8. The summed E-state index contributed by atoms with van der Waals surface area (Å²) in [5.74, 6) is 0. The largest absolute Gasteiger partial charge is 0.455 e. The maximum Gasteiger partial charge on any atom is 0.143 e. The number of rotatable bonds is 6. The summed E-state index contributed by atoms with van der Waals surface area (Å²) in [5.41, 5.74) is 19.2. The third-order valence-electron chi connectivity index (χ3n) is 19.3. The summed E-state index contributed by atoms with van der Waals surface area (Å²) in [4.78, 5) is 0. The Morgan fingerprint density at radius 1 is 0.191 bits per heavy atom. The SMILES string of the molecule is Cc1cc2c3cc(-c4c5ccccc5c(-c5ccc6cc(-c7ccc8c(-c9ccccc9)cc9c%10cc(-c%11c%12ccccc%12c(-c%12ccc%13ccccc%13c%12)c%12ccccc%11%12)ccc%10oc9c8c7)ccc6c5)c5ccccc45)ccc3oc2c2ccccc12. The predicted octanol–water partition coefficient (Wildman–Crippen LogP) is 25.0. The molecule has 2 nitrogen and oxygen atoms in total. The van der Waals surface area contributed by atoms with Crippen molar-refractivity contribution in [2.24, 2.45) is 0 Å². The molecule has 89 heavy (non-hydrogen) atoms. The van der Waals surface area contributed by atoms with E-state index in [0.29, 0.717) is 0 Å². The van der Waals surface area contributed by atoms with Gasteiger partial charge < -0.3 is 8.83 Å². The summed E-state index contributed by atoms with van der Waals surface area (Å²) < 4.78 is 13.7. The van der Waals surface area contributed by atoms with E-state index in [4.69, 9.17) is 8.83 Å². The molecule has 2 heterocycles. The van der Waals surface area contributed by atoms with Crippen molar-refractivity contribution < 1.29 is 8.83 Å². The van der Waals surface area contributed by atoms with Gasteiger partial charge in [-0.2, -0.15) is 0 Å². The van der Waals surface area contributed by atoms with Gasteiger partial charge in [0.15, 0.2) is 0 Å². The molecule has 0 amide bonds. The van der Waals surface area contributed by atoms with E-state index in [2.05, 4.69) is 304 Å². The molecule has 412 valence electrons. The van der Waals surface area contributed by atoms with Crippen LogP contribution >= 0.6 is 0 Å². The van der Waals surface area contributed by atoms with E-state index in [1.165, 1.54) is 126 Å². The number of fused-ring (bicyclic) bond motifs is 16. The van der Waals surface area contributed by atoms with Crippen molar-refractivity contribution >= 4 is 130 Å². The first-order chi connectivity index (χ1) is 44.0. The zero-order chi connectivity index (χ0) is 58.4. The molecule has 19 aromatic rings. The van der Waals surface area contributed by atoms with Crippen molar-refractivity contribution in [2.75, 3.05) is 0 Å². The van der Waals surface area contributed by atoms with Crippen molar-refractivity contribution in [3.63, 3.8) is 0 Å². The fourth-order valence-corrected chi connectivity index (χ4v) is 15.2. The fraction of sp³-hybridized carbons (Fsp3) is 0.0115. The number of aryl methyl sites for hydroxylation is 1. The molecule has 0 saturated carbocycles. The third-order valence-corrected chi connectivity index (χ3v) is 19.3. The Balaban J connectivity index is 0.734. The number of furan rings is 2. The normalized spacial score (nSPS) is 12.1. The van der Waals surface area contributed by atoms with Crippen molar-refractivity contribution in [2.45, 2.75) is 6.92 Å². The summed E-state index contributed by atoms with van der Waals surface area (Å²) >= 11 is 0. The topological polar surface area (TPSA) is 26.3 Å². The van der Waals surface area contributed by atoms with Gasteiger partial charge >= 0.3 is 0 Å². The van der Waals surface area contributed by atoms with Crippen LogP contribution in [0.3, 0.4) is 0 Å². The molecule has 19 rings (SSSR count). The standard InChI is InChI=1S/C87H52O2/c1-51-43-77-75-48-61(38-41-80(75)88-86(77)73-30-16-7-21-63(51)73)84-71-28-14-10-24-67(71)83(68-25-11-15-29-72(68)84)60-36-34-55-44-56(32-33-57(55)46-60)58-37-40-64-74(53-18-3-2-4-19-53)50-79-76-49-62(39-42-81(76)89-87(79)78(64)47-58)85-69-26-12-8-22-65(69)82(66-23-9-13-27-70(66)85)59-35-31-52-17-5-6-20-54(52)45-59/h2-50H,1H3. The van der Waals surface area contributed by atoms with Gasteiger partial charge in [0.05, 0.1) is 0 Å². The summed E-state index contributed by atoms with van der Waals surface area (Å²) in [7, 11) is 0. The minimum atomic E-state index is 0.868. The zero-order valence-electron chi connectivity index (χ0n) is 48.6. The van der Waals surface area contributed by atoms with E-state index in [9.17, 15) is 0 Å². The van der Waals surface area contributed by atoms with Crippen molar-refractivity contribution in [1.29, 1.82) is 0 Å². The second kappa shape index (κ2) is 19.2. The molecule has 0 fully saturated rings. The lowest BCUT2D eigenvalue weighted by atomic mass is 9.85. The first-order valence-corrected chi connectivity index (χ1v) is 30.8. The Labute approximate surface area is 512 Å². The molecule has 0 atom stereocenters. The van der Waals surface area contributed by atoms with Crippen molar-refractivity contribution in [3.8, 4) is 66.8 Å². The molecule has 0 aliphatic heterocycles. The lowest BCUT2D eigenvalue weighted by molar-refractivity contribution is 0.672. The number of hydrogen-bond donors (Lipinski definition) is 0. The van der Waals surface area contributed by atoms with Gasteiger partial charge in [0.2, 0.25) is 0 Å². The predicted molar refractivity (Wildman–Crippen MR) is 378 cm³/mol. The Morgan fingerprint density at radius 3 is 1.06 bits per heavy atom. The Kier molecular flexibility index (Phi) is 10.7. The molecule has 0 spiro atoms. The average Bonchev–Trinajstić information content (AvgIpc) is 2.04. The van der Waals surface area contributed by atoms with E-state index in [0.717, 1.165) is 76.7 Å². The molecule has 0 N–H and O–H groups in total. The van der Waals surface area contributed by atoms with Crippen LogP contribution in [0, 0.1) is 6.92 Å². The highest BCUT2D eigenvalue weighted by atomic mass is 16.3. The minimum Gasteiger partial charge on any atom is -0.455 e. The van der Waals surface area contributed by atoms with E-state index in [-0.39, 0.29) is 0 Å². The molecule has 0 unspecified atom stereocenters. The van der Waals surface area contributed by atoms with Crippen LogP contribution in [-0.2, 0) is 0 Å². The first kappa shape index (κ1) is 49.7. The first-order valence-electron chi connectivity index (χ1n) is 30.8. The summed E-state index contributed by atoms with van der Waals surface area (Å²) in [6, 6.07) is 110. The second-order valence-corrected chi connectivity index (χ2v) is 24.2. The summed E-state index contributed by atoms with van der Waals surface area (Å²) in [6.45, 7) is 2.20. The molecule has 0 saturated heterocycles. The van der Waals surface area contributed by atoms with Crippen LogP contribution in [0.1, 0.15) is 5.56 Å². The quantitative estimate of drug-likeness (QED) is 0.155. The Hall–Kier alpha value is -11.6. The molecule has 2 aromatic heterocycles. The zero-order valence-corrected chi connectivity index (χ0v) is 48.6. The molecular formula is C87H52O2. The van der Waals surface area contributed by atoms with Crippen LogP contribution in [0.15, 0.2) is 306 Å². The van der Waals surface area contributed by atoms with Crippen molar-refractivity contribution in [1.82, 2.24) is 0 Å². The Bertz CT molecular complexity index is 6120. The van der Waals surface area contributed by atoms with Gasteiger partial charge in [-0.1, -0.05) is 237 Å².